The van der Waals surface area contributed by atoms with E-state index in [4.69, 9.17) is 0 Å². The Kier molecular flexibility index (Phi) is 2.63. The Morgan fingerprint density at radius 3 is 2.90 bits per heavy atom. The van der Waals surface area contributed by atoms with E-state index in [-0.39, 0.29) is 12.1 Å². The Balaban J connectivity index is 1.84. The average Bonchev–Trinajstić information content (AvgIpc) is 3.01. The largest absolute Gasteiger partial charge is 0.268 e. The van der Waals surface area contributed by atoms with E-state index in [0.717, 1.165) is 29.7 Å². The van der Waals surface area contributed by atoms with Crippen LogP contribution in [0.2, 0.25) is 0 Å². The number of rotatable bonds is 2. The molecular formula is C14H12N6O. The molecule has 0 fully saturated rings. The molecule has 1 N–H and O–H groups in total. The highest BCUT2D eigenvalue weighted by molar-refractivity contribution is 5.68. The first-order chi connectivity index (χ1) is 10.3. The third kappa shape index (κ3) is 2.03. The number of fused-ring (bicyclic) bond motifs is 3. The van der Waals surface area contributed by atoms with E-state index in [1.165, 1.54) is 10.2 Å². The van der Waals surface area contributed by atoms with Gasteiger partial charge in [-0.15, -0.1) is 10.2 Å². The first-order valence-corrected chi connectivity index (χ1v) is 6.73. The number of aromatic nitrogens is 6. The van der Waals surface area contributed by atoms with E-state index in [9.17, 15) is 4.79 Å². The lowest BCUT2D eigenvalue weighted by atomic mass is 9.90. The van der Waals surface area contributed by atoms with Gasteiger partial charge in [0.15, 0.2) is 5.82 Å². The summed E-state index contributed by atoms with van der Waals surface area (Å²) in [5, 5.41) is 18.1. The van der Waals surface area contributed by atoms with Crippen molar-refractivity contribution < 1.29 is 0 Å². The standard InChI is InChI=1S/C14H12N6O/c21-13-7-10-6-5-9-3-1-2-4-11(9)14(10)17-20(13)8-12-15-18-19-16-12/h1-4,7H,5-6,8H2,(H,15,16,18,19). The van der Waals surface area contributed by atoms with Gasteiger partial charge < -0.3 is 0 Å². The van der Waals surface area contributed by atoms with Crippen LogP contribution >= 0.6 is 0 Å². The van der Waals surface area contributed by atoms with Gasteiger partial charge in [-0.25, -0.2) is 4.68 Å². The van der Waals surface area contributed by atoms with E-state index in [0.29, 0.717) is 5.82 Å². The molecule has 0 amide bonds. The van der Waals surface area contributed by atoms with Crippen molar-refractivity contribution in [2.75, 3.05) is 0 Å². The van der Waals surface area contributed by atoms with Gasteiger partial charge in [-0.05, 0) is 24.0 Å². The predicted octanol–water partition coefficient (Wildman–Crippen LogP) is 0.570. The average molecular weight is 280 g/mol. The molecule has 0 saturated heterocycles. The van der Waals surface area contributed by atoms with Crippen LogP contribution in [0.5, 0.6) is 0 Å². The number of hydrogen-bond donors (Lipinski definition) is 1. The van der Waals surface area contributed by atoms with Gasteiger partial charge in [0.25, 0.3) is 5.56 Å². The molecule has 1 aliphatic rings. The third-order valence-electron chi connectivity index (χ3n) is 3.69. The summed E-state index contributed by atoms with van der Waals surface area (Å²) < 4.78 is 1.38. The van der Waals surface area contributed by atoms with Crippen molar-refractivity contribution >= 4 is 0 Å². The molecule has 0 saturated carbocycles. The molecule has 1 aromatic carbocycles. The number of hydrogen-bond acceptors (Lipinski definition) is 5. The monoisotopic (exact) mass is 280 g/mol. The van der Waals surface area contributed by atoms with E-state index in [2.05, 4.69) is 31.8 Å². The van der Waals surface area contributed by atoms with Crippen molar-refractivity contribution in [1.29, 1.82) is 0 Å². The first kappa shape index (κ1) is 12.0. The highest BCUT2D eigenvalue weighted by atomic mass is 16.1. The van der Waals surface area contributed by atoms with Crippen LogP contribution in [0.3, 0.4) is 0 Å². The molecular weight excluding hydrogens is 268 g/mol. The molecule has 0 spiro atoms. The summed E-state index contributed by atoms with van der Waals surface area (Å²) >= 11 is 0. The molecule has 21 heavy (non-hydrogen) atoms. The minimum atomic E-state index is -0.141. The molecule has 0 aliphatic heterocycles. The van der Waals surface area contributed by atoms with Gasteiger partial charge in [-0.1, -0.05) is 29.5 Å². The summed E-state index contributed by atoms with van der Waals surface area (Å²) in [4.78, 5) is 12.1. The highest BCUT2D eigenvalue weighted by Gasteiger charge is 2.19. The van der Waals surface area contributed by atoms with E-state index in [1.54, 1.807) is 6.07 Å². The van der Waals surface area contributed by atoms with Gasteiger partial charge in [0.1, 0.15) is 6.54 Å². The molecule has 0 bridgehead atoms. The lowest BCUT2D eigenvalue weighted by molar-refractivity contribution is 0.612. The van der Waals surface area contributed by atoms with Crippen molar-refractivity contribution in [3.63, 3.8) is 0 Å². The van der Waals surface area contributed by atoms with Crippen LogP contribution in [0.15, 0.2) is 35.1 Å². The molecule has 4 rings (SSSR count). The maximum atomic E-state index is 12.1. The lowest BCUT2D eigenvalue weighted by Crippen LogP contribution is -2.26. The number of benzene rings is 1. The fourth-order valence-electron chi connectivity index (χ4n) is 2.68. The first-order valence-electron chi connectivity index (χ1n) is 6.73. The number of aryl methyl sites for hydroxylation is 2. The van der Waals surface area contributed by atoms with Crippen LogP contribution in [0.1, 0.15) is 17.0 Å². The van der Waals surface area contributed by atoms with Crippen LogP contribution in [0, 0.1) is 0 Å². The van der Waals surface area contributed by atoms with Gasteiger partial charge in [0, 0.05) is 11.6 Å². The Labute approximate surface area is 119 Å². The van der Waals surface area contributed by atoms with Crippen molar-refractivity contribution in [3.05, 3.63) is 57.6 Å². The maximum Gasteiger partial charge on any atom is 0.267 e. The summed E-state index contributed by atoms with van der Waals surface area (Å²) in [6.07, 6.45) is 1.79. The van der Waals surface area contributed by atoms with E-state index < -0.39 is 0 Å². The minimum absolute atomic E-state index is 0.141. The fourth-order valence-corrected chi connectivity index (χ4v) is 2.68. The summed E-state index contributed by atoms with van der Waals surface area (Å²) in [5.74, 6) is 0.439. The van der Waals surface area contributed by atoms with Gasteiger partial charge in [-0.2, -0.15) is 10.3 Å². The smallest absolute Gasteiger partial charge is 0.267 e. The van der Waals surface area contributed by atoms with E-state index in [1.807, 2.05) is 18.2 Å². The Bertz CT molecular complexity index is 852. The molecule has 1 aliphatic carbocycles. The number of nitrogens with one attached hydrogen (secondary N) is 1. The SMILES string of the molecule is O=c1cc2c(nn1Cc1nn[nH]n1)-c1ccccc1CC2. The second-order valence-corrected chi connectivity index (χ2v) is 5.00. The van der Waals surface area contributed by atoms with Crippen LogP contribution in [0.25, 0.3) is 11.3 Å². The van der Waals surface area contributed by atoms with E-state index >= 15 is 0 Å². The Morgan fingerprint density at radius 2 is 2.05 bits per heavy atom. The van der Waals surface area contributed by atoms with Gasteiger partial charge >= 0.3 is 0 Å². The topological polar surface area (TPSA) is 89.4 Å². The van der Waals surface area contributed by atoms with Crippen LogP contribution in [0.4, 0.5) is 0 Å². The Morgan fingerprint density at radius 1 is 1.19 bits per heavy atom. The summed E-state index contributed by atoms with van der Waals surface area (Å²) in [6.45, 7) is 0.213. The summed E-state index contributed by atoms with van der Waals surface area (Å²) in [7, 11) is 0. The predicted molar refractivity (Wildman–Crippen MR) is 74.6 cm³/mol. The molecule has 0 atom stereocenters. The van der Waals surface area contributed by atoms with Gasteiger partial charge in [0.2, 0.25) is 0 Å². The number of nitrogens with zero attached hydrogens (tertiary/aromatic N) is 5. The lowest BCUT2D eigenvalue weighted by Gasteiger charge is -2.19. The third-order valence-corrected chi connectivity index (χ3v) is 3.69. The van der Waals surface area contributed by atoms with Crippen molar-refractivity contribution in [1.82, 2.24) is 30.4 Å². The number of H-pyrrole nitrogens is 1. The molecule has 2 aromatic heterocycles. The highest BCUT2D eigenvalue weighted by Crippen LogP contribution is 2.30. The second-order valence-electron chi connectivity index (χ2n) is 5.00. The fraction of sp³-hybridized carbons (Fsp3) is 0.214. The normalized spacial score (nSPS) is 12.8. The minimum Gasteiger partial charge on any atom is -0.268 e. The van der Waals surface area contributed by atoms with Crippen molar-refractivity contribution in [2.45, 2.75) is 19.4 Å². The van der Waals surface area contributed by atoms with Crippen molar-refractivity contribution in [2.24, 2.45) is 0 Å². The molecule has 7 nitrogen and oxygen atoms in total. The zero-order valence-corrected chi connectivity index (χ0v) is 11.2. The van der Waals surface area contributed by atoms with Gasteiger partial charge in [-0.3, -0.25) is 4.79 Å². The molecule has 2 heterocycles. The van der Waals surface area contributed by atoms with Crippen LogP contribution in [-0.2, 0) is 19.4 Å². The Hall–Kier alpha value is -2.83. The zero-order valence-electron chi connectivity index (χ0n) is 11.2. The molecule has 0 radical (unpaired) electrons. The van der Waals surface area contributed by atoms with Crippen molar-refractivity contribution in [3.8, 4) is 11.3 Å². The summed E-state index contributed by atoms with van der Waals surface area (Å²) in [6, 6.07) is 9.83. The van der Waals surface area contributed by atoms with Gasteiger partial charge in [0.05, 0.1) is 5.69 Å². The second kappa shape index (κ2) is 4.62. The van der Waals surface area contributed by atoms with Crippen LogP contribution < -0.4 is 5.56 Å². The summed E-state index contributed by atoms with van der Waals surface area (Å²) in [5.41, 5.74) is 4.10. The quantitative estimate of drug-likeness (QED) is 0.741. The molecule has 3 aromatic rings. The van der Waals surface area contributed by atoms with Crippen LogP contribution in [-0.4, -0.2) is 30.4 Å². The number of aromatic amines is 1. The number of tetrazole rings is 1. The molecule has 104 valence electrons. The molecule has 7 heteroatoms. The molecule has 0 unspecified atom stereocenters. The zero-order chi connectivity index (χ0) is 14.2. The maximum absolute atomic E-state index is 12.1.